The second kappa shape index (κ2) is 5.05. The van der Waals surface area contributed by atoms with Crippen molar-refractivity contribution in [3.05, 3.63) is 46.7 Å². The van der Waals surface area contributed by atoms with Crippen molar-refractivity contribution in [1.82, 2.24) is 4.90 Å². The summed E-state index contributed by atoms with van der Waals surface area (Å²) >= 11 is 0. The summed E-state index contributed by atoms with van der Waals surface area (Å²) in [5, 5.41) is 0. The zero-order valence-electron chi connectivity index (χ0n) is 12.9. The summed E-state index contributed by atoms with van der Waals surface area (Å²) in [4.78, 5) is 39.2. The number of ketones is 2. The molecule has 1 fully saturated rings. The SMILES string of the molecule is CC1=C2C(=O)c3ccccc3C(=O)[C@H]2C[C@@H](N2CCCC2=O)O1. The molecule has 0 aromatic heterocycles. The zero-order valence-corrected chi connectivity index (χ0v) is 12.9. The fourth-order valence-electron chi connectivity index (χ4n) is 3.83. The second-order valence-electron chi connectivity index (χ2n) is 6.26. The molecule has 23 heavy (non-hydrogen) atoms. The molecule has 2 heterocycles. The lowest BCUT2D eigenvalue weighted by atomic mass is 9.75. The Kier molecular flexibility index (Phi) is 3.11. The van der Waals surface area contributed by atoms with Crippen LogP contribution in [0.3, 0.4) is 0 Å². The van der Waals surface area contributed by atoms with Crippen molar-refractivity contribution >= 4 is 17.5 Å². The number of likely N-dealkylation sites (tertiary alicyclic amines) is 1. The van der Waals surface area contributed by atoms with Gasteiger partial charge in [0.2, 0.25) is 5.91 Å². The molecule has 3 aliphatic rings. The van der Waals surface area contributed by atoms with Gasteiger partial charge in [-0.05, 0) is 13.3 Å². The molecule has 1 amide bonds. The summed E-state index contributed by atoms with van der Waals surface area (Å²) in [6.45, 7) is 2.37. The molecule has 118 valence electrons. The Morgan fingerprint density at radius 1 is 1.13 bits per heavy atom. The minimum absolute atomic E-state index is 0.0468. The molecule has 0 spiro atoms. The van der Waals surface area contributed by atoms with Gasteiger partial charge in [0.15, 0.2) is 17.8 Å². The topological polar surface area (TPSA) is 63.7 Å². The molecule has 4 rings (SSSR count). The Balaban J connectivity index is 1.75. The standard InChI is InChI=1S/C18H17NO4/c1-10-16-13(9-15(23-10)19-8-4-7-14(19)20)17(21)11-5-2-3-6-12(11)18(16)22/h2-3,5-6,13,15H,4,7-9H2,1H3/t13-,15-/m0/s1. The van der Waals surface area contributed by atoms with Gasteiger partial charge in [0.1, 0.15) is 5.76 Å². The molecule has 2 aliphatic heterocycles. The molecule has 0 unspecified atom stereocenters. The van der Waals surface area contributed by atoms with E-state index >= 15 is 0 Å². The highest BCUT2D eigenvalue weighted by Crippen LogP contribution is 2.40. The van der Waals surface area contributed by atoms with Crippen LogP contribution >= 0.6 is 0 Å². The number of rotatable bonds is 1. The molecule has 5 heteroatoms. The number of carbonyl (C=O) groups excluding carboxylic acids is 3. The van der Waals surface area contributed by atoms with Crippen molar-refractivity contribution in [3.8, 4) is 0 Å². The third-order valence-electron chi connectivity index (χ3n) is 4.93. The van der Waals surface area contributed by atoms with Gasteiger partial charge in [-0.25, -0.2) is 0 Å². The van der Waals surface area contributed by atoms with Crippen LogP contribution in [-0.2, 0) is 9.53 Å². The molecular weight excluding hydrogens is 294 g/mol. The van der Waals surface area contributed by atoms with Crippen molar-refractivity contribution in [3.63, 3.8) is 0 Å². The molecule has 0 saturated carbocycles. The molecule has 2 atom stereocenters. The van der Waals surface area contributed by atoms with Crippen LogP contribution in [0.5, 0.6) is 0 Å². The number of nitrogens with zero attached hydrogens (tertiary/aromatic N) is 1. The van der Waals surface area contributed by atoms with Gasteiger partial charge in [0, 0.05) is 36.1 Å². The second-order valence-corrected chi connectivity index (χ2v) is 6.26. The van der Waals surface area contributed by atoms with Crippen molar-refractivity contribution in [1.29, 1.82) is 0 Å². The van der Waals surface area contributed by atoms with Gasteiger partial charge in [-0.15, -0.1) is 0 Å². The Hall–Kier alpha value is -2.43. The maximum atomic E-state index is 12.8. The molecule has 0 radical (unpaired) electrons. The monoisotopic (exact) mass is 311 g/mol. The van der Waals surface area contributed by atoms with Gasteiger partial charge in [0.25, 0.3) is 0 Å². The van der Waals surface area contributed by atoms with E-state index in [0.29, 0.717) is 41.8 Å². The lowest BCUT2D eigenvalue weighted by Gasteiger charge is -2.38. The van der Waals surface area contributed by atoms with Gasteiger partial charge < -0.3 is 9.64 Å². The van der Waals surface area contributed by atoms with Crippen LogP contribution in [0, 0.1) is 5.92 Å². The minimum atomic E-state index is -0.510. The number of carbonyl (C=O) groups is 3. The van der Waals surface area contributed by atoms with Crippen LogP contribution < -0.4 is 0 Å². The van der Waals surface area contributed by atoms with Crippen LogP contribution in [-0.4, -0.2) is 35.1 Å². The highest BCUT2D eigenvalue weighted by molar-refractivity contribution is 6.23. The summed E-state index contributed by atoms with van der Waals surface area (Å²) in [6, 6.07) is 6.91. The van der Waals surface area contributed by atoms with Gasteiger partial charge in [-0.1, -0.05) is 24.3 Å². The fourth-order valence-corrected chi connectivity index (χ4v) is 3.83. The summed E-state index contributed by atoms with van der Waals surface area (Å²) < 4.78 is 5.86. The molecule has 5 nitrogen and oxygen atoms in total. The predicted molar refractivity (Wildman–Crippen MR) is 81.7 cm³/mol. The van der Waals surface area contributed by atoms with Crippen LogP contribution in [0.25, 0.3) is 0 Å². The minimum Gasteiger partial charge on any atom is -0.475 e. The molecule has 1 saturated heterocycles. The third-order valence-corrected chi connectivity index (χ3v) is 4.93. The predicted octanol–water partition coefficient (Wildman–Crippen LogP) is 2.32. The lowest BCUT2D eigenvalue weighted by Crippen LogP contribution is -2.45. The molecule has 0 bridgehead atoms. The van der Waals surface area contributed by atoms with E-state index in [9.17, 15) is 14.4 Å². The van der Waals surface area contributed by atoms with Crippen LogP contribution in [0.2, 0.25) is 0 Å². The van der Waals surface area contributed by atoms with E-state index in [-0.39, 0.29) is 17.5 Å². The third kappa shape index (κ3) is 2.03. The summed E-state index contributed by atoms with van der Waals surface area (Å²) in [5.41, 5.74) is 1.38. The highest BCUT2D eigenvalue weighted by Gasteiger charge is 2.45. The highest BCUT2D eigenvalue weighted by atomic mass is 16.5. The van der Waals surface area contributed by atoms with Crippen molar-refractivity contribution in [2.24, 2.45) is 5.92 Å². The number of amides is 1. The van der Waals surface area contributed by atoms with E-state index in [4.69, 9.17) is 4.74 Å². The number of fused-ring (bicyclic) bond motifs is 2. The summed E-state index contributed by atoms with van der Waals surface area (Å²) in [5.74, 6) is -0.159. The average molecular weight is 311 g/mol. The van der Waals surface area contributed by atoms with Crippen LogP contribution in [0.1, 0.15) is 46.9 Å². The summed E-state index contributed by atoms with van der Waals surface area (Å²) in [7, 11) is 0. The van der Waals surface area contributed by atoms with E-state index in [2.05, 4.69) is 0 Å². The van der Waals surface area contributed by atoms with Crippen molar-refractivity contribution in [2.45, 2.75) is 32.4 Å². The number of hydrogen-bond acceptors (Lipinski definition) is 4. The van der Waals surface area contributed by atoms with Crippen molar-refractivity contribution < 1.29 is 19.1 Å². The van der Waals surface area contributed by atoms with E-state index < -0.39 is 12.1 Å². The molecular formula is C18H17NO4. The number of benzene rings is 1. The Morgan fingerprint density at radius 3 is 2.57 bits per heavy atom. The van der Waals surface area contributed by atoms with E-state index in [1.54, 1.807) is 36.1 Å². The lowest BCUT2D eigenvalue weighted by molar-refractivity contribution is -0.139. The Labute approximate surface area is 133 Å². The van der Waals surface area contributed by atoms with Gasteiger partial charge in [0.05, 0.1) is 5.92 Å². The number of allylic oxidation sites excluding steroid dienone is 2. The average Bonchev–Trinajstić information content (AvgIpc) is 2.98. The van der Waals surface area contributed by atoms with Gasteiger partial charge in [-0.3, -0.25) is 14.4 Å². The van der Waals surface area contributed by atoms with Crippen molar-refractivity contribution in [2.75, 3.05) is 6.54 Å². The quantitative estimate of drug-likeness (QED) is 0.798. The number of hydrogen-bond donors (Lipinski definition) is 0. The maximum absolute atomic E-state index is 12.8. The molecule has 1 aromatic rings. The molecule has 1 aromatic carbocycles. The first kappa shape index (κ1) is 14.2. The fraction of sp³-hybridized carbons (Fsp3) is 0.389. The summed E-state index contributed by atoms with van der Waals surface area (Å²) in [6.07, 6.45) is 1.25. The smallest absolute Gasteiger partial charge is 0.225 e. The van der Waals surface area contributed by atoms with Gasteiger partial charge >= 0.3 is 0 Å². The first-order valence-corrected chi connectivity index (χ1v) is 7.92. The first-order chi connectivity index (χ1) is 11.1. The Morgan fingerprint density at radius 2 is 1.87 bits per heavy atom. The van der Waals surface area contributed by atoms with E-state index in [1.807, 2.05) is 0 Å². The van der Waals surface area contributed by atoms with Gasteiger partial charge in [-0.2, -0.15) is 0 Å². The molecule has 1 aliphatic carbocycles. The zero-order chi connectivity index (χ0) is 16.1. The van der Waals surface area contributed by atoms with E-state index in [0.717, 1.165) is 6.42 Å². The normalized spacial score (nSPS) is 27.0. The van der Waals surface area contributed by atoms with Crippen LogP contribution in [0.15, 0.2) is 35.6 Å². The maximum Gasteiger partial charge on any atom is 0.225 e. The first-order valence-electron chi connectivity index (χ1n) is 7.92. The number of ether oxygens (including phenoxy) is 1. The van der Waals surface area contributed by atoms with Crippen LogP contribution in [0.4, 0.5) is 0 Å². The molecule has 0 N–H and O–H groups in total. The number of Topliss-reactive ketones (excluding diaryl/α,β-unsaturated/α-hetero) is 2. The largest absolute Gasteiger partial charge is 0.475 e. The Bertz CT molecular complexity index is 764. The van der Waals surface area contributed by atoms with E-state index in [1.165, 1.54) is 0 Å².